The summed E-state index contributed by atoms with van der Waals surface area (Å²) in [5.74, 6) is 5.22. The first-order valence-electron chi connectivity index (χ1n) is 3.62. The number of nitrogens with zero attached hydrogens (tertiary/aromatic N) is 1. The van der Waals surface area contributed by atoms with Crippen molar-refractivity contribution in [2.45, 2.75) is 6.18 Å². The van der Waals surface area contributed by atoms with Gasteiger partial charge in [0.1, 0.15) is 5.69 Å². The predicted octanol–water partition coefficient (Wildman–Crippen LogP) is 2.69. The van der Waals surface area contributed by atoms with Crippen molar-refractivity contribution < 1.29 is 13.2 Å². The maximum atomic E-state index is 12.1. The van der Waals surface area contributed by atoms with Gasteiger partial charge in [-0.2, -0.15) is 13.2 Å². The molecule has 0 radical (unpaired) electrons. The molecular weight excluding hydrogens is 215 g/mol. The standard InChI is InChI=1S/C9H5ClF3N/c10-5-1-2-7-3-4-8(14-6-7)9(11,12)13/h3-4,6H,5H2. The number of pyridine rings is 1. The third-order valence-corrected chi connectivity index (χ3v) is 1.49. The summed E-state index contributed by atoms with van der Waals surface area (Å²) < 4.78 is 36.2. The second kappa shape index (κ2) is 4.34. The van der Waals surface area contributed by atoms with Crippen molar-refractivity contribution >= 4 is 11.6 Å². The normalized spacial score (nSPS) is 10.6. The zero-order chi connectivity index (χ0) is 10.6. The van der Waals surface area contributed by atoms with Crippen molar-refractivity contribution in [1.29, 1.82) is 0 Å². The lowest BCUT2D eigenvalue weighted by Crippen LogP contribution is -2.07. The van der Waals surface area contributed by atoms with Gasteiger partial charge in [-0.1, -0.05) is 11.8 Å². The van der Waals surface area contributed by atoms with Gasteiger partial charge in [-0.3, -0.25) is 4.98 Å². The Labute approximate surface area is 83.9 Å². The van der Waals surface area contributed by atoms with Crippen molar-refractivity contribution in [2.75, 3.05) is 5.88 Å². The molecule has 0 unspecified atom stereocenters. The molecule has 0 amide bonds. The highest BCUT2D eigenvalue weighted by Crippen LogP contribution is 2.26. The number of hydrogen-bond acceptors (Lipinski definition) is 1. The highest BCUT2D eigenvalue weighted by molar-refractivity contribution is 6.19. The van der Waals surface area contributed by atoms with Crippen molar-refractivity contribution in [1.82, 2.24) is 4.98 Å². The molecule has 0 aliphatic heterocycles. The molecular formula is C9H5ClF3N. The highest BCUT2D eigenvalue weighted by Gasteiger charge is 2.31. The number of aromatic nitrogens is 1. The van der Waals surface area contributed by atoms with Crippen LogP contribution in [0.5, 0.6) is 0 Å². The summed E-state index contributed by atoms with van der Waals surface area (Å²) in [6.07, 6.45) is -3.33. The molecule has 0 fully saturated rings. The molecule has 74 valence electrons. The van der Waals surface area contributed by atoms with Gasteiger partial charge in [0.2, 0.25) is 0 Å². The van der Waals surface area contributed by atoms with E-state index in [1.54, 1.807) is 0 Å². The maximum Gasteiger partial charge on any atom is 0.433 e. The monoisotopic (exact) mass is 219 g/mol. The smallest absolute Gasteiger partial charge is 0.250 e. The summed E-state index contributed by atoms with van der Waals surface area (Å²) in [5.41, 5.74) is -0.507. The van der Waals surface area contributed by atoms with Gasteiger partial charge in [-0.15, -0.1) is 11.6 Å². The molecule has 5 heteroatoms. The second-order valence-corrected chi connectivity index (χ2v) is 2.63. The summed E-state index contributed by atoms with van der Waals surface area (Å²) in [4.78, 5) is 3.23. The van der Waals surface area contributed by atoms with Gasteiger partial charge < -0.3 is 0 Å². The molecule has 0 aliphatic carbocycles. The molecule has 1 aromatic heterocycles. The molecule has 0 bridgehead atoms. The Morgan fingerprint density at radius 2 is 2.07 bits per heavy atom. The Morgan fingerprint density at radius 3 is 2.50 bits per heavy atom. The van der Waals surface area contributed by atoms with E-state index in [1.165, 1.54) is 6.07 Å². The van der Waals surface area contributed by atoms with Gasteiger partial charge >= 0.3 is 6.18 Å². The van der Waals surface area contributed by atoms with Crippen LogP contribution >= 0.6 is 11.6 Å². The van der Waals surface area contributed by atoms with Crippen molar-refractivity contribution in [3.63, 3.8) is 0 Å². The topological polar surface area (TPSA) is 12.9 Å². The van der Waals surface area contributed by atoms with Crippen molar-refractivity contribution in [3.05, 3.63) is 29.6 Å². The first-order chi connectivity index (χ1) is 6.54. The van der Waals surface area contributed by atoms with E-state index in [1.807, 2.05) is 0 Å². The van der Waals surface area contributed by atoms with E-state index in [2.05, 4.69) is 16.8 Å². The molecule has 0 saturated carbocycles. The molecule has 1 rings (SSSR count). The summed E-state index contributed by atoms with van der Waals surface area (Å²) in [6.45, 7) is 0. The van der Waals surface area contributed by atoms with Crippen LogP contribution in [0.3, 0.4) is 0 Å². The van der Waals surface area contributed by atoms with Crippen LogP contribution in [-0.2, 0) is 6.18 Å². The van der Waals surface area contributed by atoms with Gasteiger partial charge in [0.25, 0.3) is 0 Å². The lowest BCUT2D eigenvalue weighted by molar-refractivity contribution is -0.141. The fourth-order valence-corrected chi connectivity index (χ4v) is 0.838. The minimum absolute atomic E-state index is 0.140. The summed E-state index contributed by atoms with van der Waals surface area (Å²) >= 11 is 5.28. The fourth-order valence-electron chi connectivity index (χ4n) is 0.771. The largest absolute Gasteiger partial charge is 0.433 e. The van der Waals surface area contributed by atoms with Crippen molar-refractivity contribution in [2.24, 2.45) is 0 Å². The average molecular weight is 220 g/mol. The van der Waals surface area contributed by atoms with Crippen LogP contribution in [0.4, 0.5) is 13.2 Å². The van der Waals surface area contributed by atoms with Crippen LogP contribution in [-0.4, -0.2) is 10.9 Å². The van der Waals surface area contributed by atoms with Gasteiger partial charge in [0.05, 0.1) is 5.88 Å². The zero-order valence-electron chi connectivity index (χ0n) is 6.90. The number of hydrogen-bond donors (Lipinski definition) is 0. The Hall–Kier alpha value is -1.21. The Kier molecular flexibility index (Phi) is 3.37. The number of halogens is 4. The molecule has 1 nitrogen and oxygen atoms in total. The maximum absolute atomic E-state index is 12.1. The molecule has 0 saturated heterocycles. The SMILES string of the molecule is FC(F)(F)c1ccc(C#CCCl)cn1. The molecule has 0 aromatic carbocycles. The molecule has 0 aliphatic rings. The Morgan fingerprint density at radius 1 is 1.36 bits per heavy atom. The van der Waals surface area contributed by atoms with Gasteiger partial charge in [0.15, 0.2) is 0 Å². The van der Waals surface area contributed by atoms with Crippen LogP contribution in [0.15, 0.2) is 18.3 Å². The van der Waals surface area contributed by atoms with E-state index in [9.17, 15) is 13.2 Å². The summed E-state index contributed by atoms with van der Waals surface area (Å²) in [5, 5.41) is 0. The first-order valence-corrected chi connectivity index (χ1v) is 4.15. The molecule has 14 heavy (non-hydrogen) atoms. The Balaban J connectivity index is 2.89. The van der Waals surface area contributed by atoms with Crippen LogP contribution in [0.2, 0.25) is 0 Å². The van der Waals surface area contributed by atoms with E-state index < -0.39 is 11.9 Å². The third-order valence-electron chi connectivity index (χ3n) is 1.35. The van der Waals surface area contributed by atoms with E-state index in [0.29, 0.717) is 5.56 Å². The molecule has 1 heterocycles. The van der Waals surface area contributed by atoms with E-state index in [4.69, 9.17) is 11.6 Å². The van der Waals surface area contributed by atoms with E-state index in [-0.39, 0.29) is 5.88 Å². The highest BCUT2D eigenvalue weighted by atomic mass is 35.5. The number of rotatable bonds is 0. The van der Waals surface area contributed by atoms with E-state index in [0.717, 1.165) is 12.3 Å². The van der Waals surface area contributed by atoms with E-state index >= 15 is 0 Å². The second-order valence-electron chi connectivity index (χ2n) is 2.37. The Bertz CT molecular complexity index is 358. The lowest BCUT2D eigenvalue weighted by atomic mass is 10.2. The average Bonchev–Trinajstić information content (AvgIpc) is 2.14. The zero-order valence-corrected chi connectivity index (χ0v) is 7.65. The minimum atomic E-state index is -4.40. The van der Waals surface area contributed by atoms with Gasteiger partial charge in [-0.05, 0) is 12.1 Å². The van der Waals surface area contributed by atoms with Crippen LogP contribution in [0.1, 0.15) is 11.3 Å². The van der Waals surface area contributed by atoms with Crippen molar-refractivity contribution in [3.8, 4) is 11.8 Å². The van der Waals surface area contributed by atoms with Gasteiger partial charge in [-0.25, -0.2) is 0 Å². The van der Waals surface area contributed by atoms with Crippen LogP contribution < -0.4 is 0 Å². The number of alkyl halides is 4. The lowest BCUT2D eigenvalue weighted by Gasteiger charge is -2.03. The third kappa shape index (κ3) is 2.93. The molecule has 0 N–H and O–H groups in total. The molecule has 0 atom stereocenters. The first kappa shape index (κ1) is 10.9. The molecule has 1 aromatic rings. The molecule has 0 spiro atoms. The minimum Gasteiger partial charge on any atom is -0.250 e. The fraction of sp³-hybridized carbons (Fsp3) is 0.222. The van der Waals surface area contributed by atoms with Crippen LogP contribution in [0.25, 0.3) is 0 Å². The quantitative estimate of drug-likeness (QED) is 0.483. The van der Waals surface area contributed by atoms with Crippen LogP contribution in [0, 0.1) is 11.8 Å². The predicted molar refractivity (Wildman–Crippen MR) is 46.8 cm³/mol. The summed E-state index contributed by atoms with van der Waals surface area (Å²) in [7, 11) is 0. The van der Waals surface area contributed by atoms with Gasteiger partial charge in [0, 0.05) is 11.8 Å². The summed E-state index contributed by atoms with van der Waals surface area (Å²) in [6, 6.07) is 2.15.